The highest BCUT2D eigenvalue weighted by Gasteiger charge is 2.32. The molecule has 1 saturated heterocycles. The van der Waals surface area contributed by atoms with E-state index in [1.807, 2.05) is 7.05 Å². The van der Waals surface area contributed by atoms with Crippen LogP contribution in [0.2, 0.25) is 0 Å². The van der Waals surface area contributed by atoms with Gasteiger partial charge in [-0.25, -0.2) is 14.8 Å². The Morgan fingerprint density at radius 1 is 1.03 bits per heavy atom. The number of likely N-dealkylation sites (tertiary alicyclic amines) is 1. The predicted octanol–water partition coefficient (Wildman–Crippen LogP) is 4.02. The maximum Gasteiger partial charge on any atom is 0.439 e. The van der Waals surface area contributed by atoms with Gasteiger partial charge in [0.15, 0.2) is 6.61 Å². The molecule has 2 amide bonds. The molecule has 1 aromatic heterocycles. The number of likely N-dealkylation sites (N-methyl/N-ethyl adjacent to an activating group) is 1. The van der Waals surface area contributed by atoms with Crippen LogP contribution in [0.4, 0.5) is 10.5 Å². The number of aryl methyl sites for hydroxylation is 2. The van der Waals surface area contributed by atoms with Gasteiger partial charge in [-0.2, -0.15) is 0 Å². The molecule has 0 radical (unpaired) electrons. The second-order valence-electron chi connectivity index (χ2n) is 10.5. The maximum atomic E-state index is 13.0. The molecular formula is C25H41N5O4. The van der Waals surface area contributed by atoms with Gasteiger partial charge in [-0.3, -0.25) is 9.63 Å². The maximum absolute atomic E-state index is 13.0. The summed E-state index contributed by atoms with van der Waals surface area (Å²) in [6.45, 7) is 10.6. The average Bonchev–Trinajstić information content (AvgIpc) is 2.79. The Bertz CT molecular complexity index is 822. The molecule has 34 heavy (non-hydrogen) atoms. The molecule has 0 unspecified atom stereocenters. The molecule has 1 saturated carbocycles. The quantitative estimate of drug-likeness (QED) is 0.574. The number of nitrogens with zero attached hydrogens (tertiary/aromatic N) is 5. The lowest BCUT2D eigenvalue weighted by atomic mass is 9.92. The highest BCUT2D eigenvalue weighted by atomic mass is 16.7. The molecule has 2 heterocycles. The van der Waals surface area contributed by atoms with Gasteiger partial charge in [0.1, 0.15) is 17.6 Å². The van der Waals surface area contributed by atoms with Crippen LogP contribution in [0.3, 0.4) is 0 Å². The third kappa shape index (κ3) is 6.88. The van der Waals surface area contributed by atoms with Crippen LogP contribution < -0.4 is 5.06 Å². The number of hydrogen-bond acceptors (Lipinski definition) is 7. The van der Waals surface area contributed by atoms with Crippen LogP contribution in [0.15, 0.2) is 6.33 Å². The smallest absolute Gasteiger partial charge is 0.439 e. The topological polar surface area (TPSA) is 88.1 Å². The van der Waals surface area contributed by atoms with E-state index >= 15 is 0 Å². The first kappa shape index (κ1) is 26.3. The molecule has 0 atom stereocenters. The predicted molar refractivity (Wildman–Crippen MR) is 130 cm³/mol. The van der Waals surface area contributed by atoms with Gasteiger partial charge in [-0.1, -0.05) is 19.3 Å². The van der Waals surface area contributed by atoms with E-state index in [9.17, 15) is 9.59 Å². The van der Waals surface area contributed by atoms with Crippen LogP contribution >= 0.6 is 0 Å². The summed E-state index contributed by atoms with van der Waals surface area (Å²) in [5.41, 5.74) is 0.806. The van der Waals surface area contributed by atoms with Gasteiger partial charge >= 0.3 is 6.09 Å². The Kier molecular flexibility index (Phi) is 8.87. The van der Waals surface area contributed by atoms with E-state index < -0.39 is 11.7 Å². The summed E-state index contributed by atoms with van der Waals surface area (Å²) in [6.07, 6.45) is 9.27. The minimum Gasteiger partial charge on any atom is -0.442 e. The number of hydrogen-bond donors (Lipinski definition) is 0. The lowest BCUT2D eigenvalue weighted by Crippen LogP contribution is -2.50. The van der Waals surface area contributed by atoms with Gasteiger partial charge in [0.05, 0.1) is 11.4 Å². The van der Waals surface area contributed by atoms with Gasteiger partial charge in [0.25, 0.3) is 5.91 Å². The van der Waals surface area contributed by atoms with Crippen molar-refractivity contribution in [3.05, 3.63) is 17.7 Å². The fourth-order valence-electron chi connectivity index (χ4n) is 4.90. The zero-order chi connectivity index (χ0) is 24.9. The molecule has 9 heteroatoms. The van der Waals surface area contributed by atoms with Crippen LogP contribution in [0.5, 0.6) is 0 Å². The summed E-state index contributed by atoms with van der Waals surface area (Å²) in [6, 6.07) is 0.885. The first-order chi connectivity index (χ1) is 16.1. The third-order valence-corrected chi connectivity index (χ3v) is 6.80. The van der Waals surface area contributed by atoms with Crippen molar-refractivity contribution in [2.24, 2.45) is 0 Å². The van der Waals surface area contributed by atoms with E-state index in [1.54, 1.807) is 39.5 Å². The molecule has 190 valence electrons. The SMILES string of the molecule is Cc1ncnc(C)c1N(OCC(=O)N(C)C1CCN(C2CCCCC2)CC1)C(=O)OC(C)(C)C. The van der Waals surface area contributed by atoms with E-state index in [1.165, 1.54) is 38.4 Å². The first-order valence-corrected chi connectivity index (χ1v) is 12.5. The fraction of sp³-hybridized carbons (Fsp3) is 0.760. The van der Waals surface area contributed by atoms with E-state index in [2.05, 4.69) is 14.9 Å². The van der Waals surface area contributed by atoms with Gasteiger partial charge in [0, 0.05) is 32.2 Å². The summed E-state index contributed by atoms with van der Waals surface area (Å²) >= 11 is 0. The molecule has 9 nitrogen and oxygen atoms in total. The molecule has 1 aliphatic heterocycles. The number of hydroxylamine groups is 1. The lowest BCUT2D eigenvalue weighted by Gasteiger charge is -2.41. The third-order valence-electron chi connectivity index (χ3n) is 6.80. The van der Waals surface area contributed by atoms with Gasteiger partial charge in [-0.15, -0.1) is 5.06 Å². The van der Waals surface area contributed by atoms with Crippen molar-refractivity contribution in [2.75, 3.05) is 31.8 Å². The highest BCUT2D eigenvalue weighted by molar-refractivity contribution is 5.87. The van der Waals surface area contributed by atoms with Crippen LogP contribution in [0, 0.1) is 13.8 Å². The fourth-order valence-corrected chi connectivity index (χ4v) is 4.90. The first-order valence-electron chi connectivity index (χ1n) is 12.5. The largest absolute Gasteiger partial charge is 0.442 e. The standard InChI is InChI=1S/C25H41N5O4/c1-18-23(19(2)27-17-26-18)30(24(32)34-25(3,4)5)33-16-22(31)28(6)20-12-14-29(15-13-20)21-10-8-7-9-11-21/h17,20-21H,7-16H2,1-6H3. The van der Waals surface area contributed by atoms with Crippen LogP contribution in [0.1, 0.15) is 77.1 Å². The molecule has 2 aliphatic rings. The molecule has 0 spiro atoms. The molecular weight excluding hydrogens is 434 g/mol. The van der Waals surface area contributed by atoms with E-state index in [0.29, 0.717) is 23.1 Å². The number of carbonyl (C=O) groups excluding carboxylic acids is 2. The van der Waals surface area contributed by atoms with E-state index in [-0.39, 0.29) is 18.6 Å². The van der Waals surface area contributed by atoms with Crippen molar-refractivity contribution < 1.29 is 19.2 Å². The normalized spacial score (nSPS) is 18.5. The van der Waals surface area contributed by atoms with Crippen molar-refractivity contribution in [3.63, 3.8) is 0 Å². The highest BCUT2D eigenvalue weighted by Crippen LogP contribution is 2.27. The van der Waals surface area contributed by atoms with Crippen molar-refractivity contribution in [3.8, 4) is 0 Å². The summed E-state index contributed by atoms with van der Waals surface area (Å²) in [4.78, 5) is 44.4. The average molecular weight is 476 g/mol. The van der Waals surface area contributed by atoms with Crippen LogP contribution in [0.25, 0.3) is 0 Å². The number of aromatic nitrogens is 2. The summed E-state index contributed by atoms with van der Waals surface area (Å²) in [5.74, 6) is -0.170. The molecule has 0 N–H and O–H groups in total. The number of rotatable bonds is 6. The Hall–Kier alpha value is -2.26. The van der Waals surface area contributed by atoms with Gasteiger partial charge in [-0.05, 0) is 60.3 Å². The number of ether oxygens (including phenoxy) is 1. The van der Waals surface area contributed by atoms with Crippen molar-refractivity contribution in [2.45, 2.75) is 97.2 Å². The Labute approximate surface area is 203 Å². The number of piperidine rings is 1. The lowest BCUT2D eigenvalue weighted by molar-refractivity contribution is -0.138. The molecule has 3 rings (SSSR count). The van der Waals surface area contributed by atoms with Crippen molar-refractivity contribution in [1.82, 2.24) is 19.8 Å². The Morgan fingerprint density at radius 3 is 2.18 bits per heavy atom. The van der Waals surface area contributed by atoms with Crippen molar-refractivity contribution in [1.29, 1.82) is 0 Å². The molecule has 1 aliphatic carbocycles. The van der Waals surface area contributed by atoms with Crippen molar-refractivity contribution >= 4 is 17.7 Å². The summed E-state index contributed by atoms with van der Waals surface area (Å²) in [5, 5.41) is 1.02. The minimum atomic E-state index is -0.719. The number of amides is 2. The van der Waals surface area contributed by atoms with Crippen LogP contribution in [-0.2, 0) is 14.4 Å². The molecule has 0 bridgehead atoms. The second-order valence-corrected chi connectivity index (χ2v) is 10.5. The zero-order valence-electron chi connectivity index (χ0n) is 21.7. The second kappa shape index (κ2) is 11.4. The molecule has 1 aromatic rings. The van der Waals surface area contributed by atoms with Crippen LogP contribution in [-0.4, -0.2) is 76.2 Å². The number of carbonyl (C=O) groups is 2. The molecule has 0 aromatic carbocycles. The monoisotopic (exact) mass is 475 g/mol. The van der Waals surface area contributed by atoms with Gasteiger partial charge in [0.2, 0.25) is 0 Å². The van der Waals surface area contributed by atoms with Gasteiger partial charge < -0.3 is 14.5 Å². The Morgan fingerprint density at radius 2 is 1.62 bits per heavy atom. The van der Waals surface area contributed by atoms with E-state index in [4.69, 9.17) is 9.57 Å². The Balaban J connectivity index is 1.61. The minimum absolute atomic E-state index is 0.170. The number of anilines is 1. The summed E-state index contributed by atoms with van der Waals surface area (Å²) < 4.78 is 5.52. The summed E-state index contributed by atoms with van der Waals surface area (Å²) in [7, 11) is 1.83. The molecule has 2 fully saturated rings. The zero-order valence-corrected chi connectivity index (χ0v) is 21.7. The van der Waals surface area contributed by atoms with E-state index in [0.717, 1.165) is 31.0 Å².